The number of aromatic hydroxyl groups is 1. The van der Waals surface area contributed by atoms with Gasteiger partial charge >= 0.3 is 0 Å². The number of phenols is 1. The number of hydrogen-bond donors (Lipinski definition) is 3. The van der Waals surface area contributed by atoms with Crippen LogP contribution in [-0.4, -0.2) is 29.6 Å². The van der Waals surface area contributed by atoms with Gasteiger partial charge in [0.1, 0.15) is 11.6 Å². The molecule has 11 heteroatoms. The van der Waals surface area contributed by atoms with E-state index < -0.39 is 31.8 Å². The number of carbonyl (C=O) groups excluding carboxylic acids is 1. The SMILES string of the molecule is CC(=O)Nc1nnc(S(=O)(=O)Nc2ccc(F)cc2O)s1. The lowest BCUT2D eigenvalue weighted by molar-refractivity contribution is -0.114. The van der Waals surface area contributed by atoms with E-state index in [1.807, 2.05) is 4.72 Å². The van der Waals surface area contributed by atoms with Gasteiger partial charge in [0.15, 0.2) is 0 Å². The smallest absolute Gasteiger partial charge is 0.291 e. The van der Waals surface area contributed by atoms with E-state index >= 15 is 0 Å². The summed E-state index contributed by atoms with van der Waals surface area (Å²) in [7, 11) is -4.10. The van der Waals surface area contributed by atoms with E-state index in [0.717, 1.165) is 18.2 Å². The van der Waals surface area contributed by atoms with Crippen LogP contribution in [0.5, 0.6) is 5.75 Å². The Bertz CT molecular complexity index is 790. The highest BCUT2D eigenvalue weighted by Gasteiger charge is 2.22. The van der Waals surface area contributed by atoms with Crippen LogP contribution in [-0.2, 0) is 14.8 Å². The minimum Gasteiger partial charge on any atom is -0.506 e. The lowest BCUT2D eigenvalue weighted by Gasteiger charge is -2.06. The molecule has 2 rings (SSSR count). The van der Waals surface area contributed by atoms with E-state index in [4.69, 9.17) is 0 Å². The number of benzene rings is 1. The largest absolute Gasteiger partial charge is 0.506 e. The Kier molecular flexibility index (Phi) is 4.04. The molecule has 0 saturated carbocycles. The molecular weight excluding hydrogens is 323 g/mol. The Balaban J connectivity index is 2.25. The van der Waals surface area contributed by atoms with Gasteiger partial charge in [-0.15, -0.1) is 10.2 Å². The van der Waals surface area contributed by atoms with Crippen LogP contribution < -0.4 is 10.0 Å². The maximum atomic E-state index is 12.8. The molecular formula is C10H9FN4O4S2. The van der Waals surface area contributed by atoms with Crippen LogP contribution in [0.1, 0.15) is 6.92 Å². The molecule has 1 amide bonds. The summed E-state index contributed by atoms with van der Waals surface area (Å²) in [5.41, 5.74) is -0.201. The van der Waals surface area contributed by atoms with E-state index in [0.29, 0.717) is 11.3 Å². The second-order valence-corrected chi connectivity index (χ2v) is 6.65. The summed E-state index contributed by atoms with van der Waals surface area (Å²) in [4.78, 5) is 10.8. The van der Waals surface area contributed by atoms with Crippen molar-refractivity contribution in [1.82, 2.24) is 10.2 Å². The van der Waals surface area contributed by atoms with Gasteiger partial charge in [0.2, 0.25) is 11.0 Å². The number of phenolic OH excluding ortho intramolecular Hbond substituents is 1. The highest BCUT2D eigenvalue weighted by Crippen LogP contribution is 2.28. The number of anilines is 2. The zero-order valence-corrected chi connectivity index (χ0v) is 12.1. The van der Waals surface area contributed by atoms with Crippen molar-refractivity contribution in [1.29, 1.82) is 0 Å². The van der Waals surface area contributed by atoms with E-state index in [1.54, 1.807) is 0 Å². The number of halogens is 1. The highest BCUT2D eigenvalue weighted by molar-refractivity contribution is 7.94. The molecule has 21 heavy (non-hydrogen) atoms. The number of hydrogen-bond acceptors (Lipinski definition) is 7. The number of amides is 1. The first-order valence-corrected chi connectivity index (χ1v) is 7.70. The summed E-state index contributed by atoms with van der Waals surface area (Å²) in [5, 5.41) is 18.7. The number of rotatable bonds is 4. The molecule has 0 fully saturated rings. The first kappa shape index (κ1) is 15.1. The lowest BCUT2D eigenvalue weighted by atomic mass is 10.3. The zero-order valence-electron chi connectivity index (χ0n) is 10.5. The third kappa shape index (κ3) is 3.64. The first-order chi connectivity index (χ1) is 9.78. The van der Waals surface area contributed by atoms with Crippen molar-refractivity contribution in [2.75, 3.05) is 10.0 Å². The van der Waals surface area contributed by atoms with E-state index in [2.05, 4.69) is 15.5 Å². The van der Waals surface area contributed by atoms with Gasteiger partial charge in [0.25, 0.3) is 14.4 Å². The number of aromatic nitrogens is 2. The highest BCUT2D eigenvalue weighted by atomic mass is 32.2. The van der Waals surface area contributed by atoms with Crippen molar-refractivity contribution < 1.29 is 22.7 Å². The molecule has 0 bridgehead atoms. The van der Waals surface area contributed by atoms with Crippen molar-refractivity contribution >= 4 is 38.1 Å². The molecule has 0 saturated heterocycles. The van der Waals surface area contributed by atoms with Crippen molar-refractivity contribution in [3.05, 3.63) is 24.0 Å². The Hall–Kier alpha value is -2.27. The van der Waals surface area contributed by atoms with Gasteiger partial charge in [-0.05, 0) is 12.1 Å². The second-order valence-electron chi connectivity index (χ2n) is 3.82. The van der Waals surface area contributed by atoms with Crippen molar-refractivity contribution in [2.24, 2.45) is 0 Å². The van der Waals surface area contributed by atoms with Crippen molar-refractivity contribution in [3.8, 4) is 5.75 Å². The molecule has 0 aliphatic carbocycles. The number of carbonyl (C=O) groups is 1. The molecule has 0 atom stereocenters. The van der Waals surface area contributed by atoms with Crippen LogP contribution in [0.25, 0.3) is 0 Å². The Labute approximate surface area is 122 Å². The zero-order chi connectivity index (χ0) is 15.6. The standard InChI is InChI=1S/C10H9FN4O4S2/c1-5(16)12-9-13-14-10(20-9)21(18,19)15-7-3-2-6(11)4-8(7)17/h2-4,15,17H,1H3,(H,12,13,16). The molecule has 0 unspecified atom stereocenters. The summed E-state index contributed by atoms with van der Waals surface area (Å²) in [5.74, 6) is -1.69. The molecule has 1 aromatic carbocycles. The Morgan fingerprint density at radius 2 is 2.10 bits per heavy atom. The van der Waals surface area contributed by atoms with Gasteiger partial charge in [-0.25, -0.2) is 4.39 Å². The van der Waals surface area contributed by atoms with Crippen LogP contribution in [0.15, 0.2) is 22.5 Å². The van der Waals surface area contributed by atoms with E-state index in [1.165, 1.54) is 6.92 Å². The minimum absolute atomic E-state index is 0.0196. The number of nitrogens with zero attached hydrogens (tertiary/aromatic N) is 2. The van der Waals surface area contributed by atoms with Gasteiger partial charge in [0.05, 0.1) is 5.69 Å². The summed E-state index contributed by atoms with van der Waals surface area (Å²) in [6.07, 6.45) is 0. The fourth-order valence-electron chi connectivity index (χ4n) is 1.30. The summed E-state index contributed by atoms with van der Waals surface area (Å²) in [6.45, 7) is 1.24. The molecule has 112 valence electrons. The van der Waals surface area contributed by atoms with Crippen LogP contribution in [0, 0.1) is 5.82 Å². The van der Waals surface area contributed by atoms with Crippen molar-refractivity contribution in [3.63, 3.8) is 0 Å². The third-order valence-corrected chi connectivity index (χ3v) is 4.70. The second kappa shape index (κ2) is 5.61. The molecule has 0 aliphatic rings. The van der Waals surface area contributed by atoms with Gasteiger partial charge in [-0.1, -0.05) is 11.3 Å². The molecule has 1 aromatic heterocycles. The summed E-state index contributed by atoms with van der Waals surface area (Å²) >= 11 is 0.636. The molecule has 0 spiro atoms. The molecule has 0 radical (unpaired) electrons. The monoisotopic (exact) mass is 332 g/mol. The average molecular weight is 332 g/mol. The molecule has 1 heterocycles. The predicted molar refractivity (Wildman–Crippen MR) is 73.1 cm³/mol. The third-order valence-electron chi connectivity index (χ3n) is 2.12. The number of sulfonamides is 1. The van der Waals surface area contributed by atoms with Crippen LogP contribution in [0.2, 0.25) is 0 Å². The fourth-order valence-corrected chi connectivity index (χ4v) is 3.32. The summed E-state index contributed by atoms with van der Waals surface area (Å²) in [6, 6.07) is 2.82. The maximum Gasteiger partial charge on any atom is 0.291 e. The molecule has 2 aromatic rings. The Morgan fingerprint density at radius 3 is 2.71 bits per heavy atom. The molecule has 3 N–H and O–H groups in total. The van der Waals surface area contributed by atoms with E-state index in [9.17, 15) is 22.7 Å². The van der Waals surface area contributed by atoms with Gasteiger partial charge in [-0.2, -0.15) is 8.42 Å². The first-order valence-electron chi connectivity index (χ1n) is 5.40. The molecule has 0 aliphatic heterocycles. The van der Waals surface area contributed by atoms with Crippen LogP contribution >= 0.6 is 11.3 Å². The van der Waals surface area contributed by atoms with Crippen LogP contribution in [0.4, 0.5) is 15.2 Å². The topological polar surface area (TPSA) is 121 Å². The number of nitrogens with one attached hydrogen (secondary N) is 2. The Morgan fingerprint density at radius 1 is 1.38 bits per heavy atom. The fraction of sp³-hybridized carbons (Fsp3) is 0.100. The lowest BCUT2D eigenvalue weighted by Crippen LogP contribution is -2.12. The quantitative estimate of drug-likeness (QED) is 0.570. The normalized spacial score (nSPS) is 11.1. The van der Waals surface area contributed by atoms with Crippen LogP contribution in [0.3, 0.4) is 0 Å². The van der Waals surface area contributed by atoms with E-state index in [-0.39, 0.29) is 10.8 Å². The van der Waals surface area contributed by atoms with Gasteiger partial charge in [0, 0.05) is 13.0 Å². The van der Waals surface area contributed by atoms with Gasteiger partial charge < -0.3 is 10.4 Å². The molecule has 8 nitrogen and oxygen atoms in total. The predicted octanol–water partition coefficient (Wildman–Crippen LogP) is 1.14. The summed E-state index contributed by atoms with van der Waals surface area (Å²) < 4.78 is 38.5. The average Bonchev–Trinajstić information content (AvgIpc) is 2.81. The van der Waals surface area contributed by atoms with Gasteiger partial charge in [-0.3, -0.25) is 9.52 Å². The maximum absolute atomic E-state index is 12.8. The van der Waals surface area contributed by atoms with Crippen molar-refractivity contribution in [2.45, 2.75) is 11.3 Å². The minimum atomic E-state index is -4.10.